The summed E-state index contributed by atoms with van der Waals surface area (Å²) < 4.78 is 1.47. The molecule has 0 saturated heterocycles. The number of phenols is 1. The fourth-order valence-electron chi connectivity index (χ4n) is 3.21. The number of nitrogens with one attached hydrogen (secondary N) is 1. The van der Waals surface area contributed by atoms with E-state index < -0.39 is 0 Å². The number of pyridine rings is 1. The van der Waals surface area contributed by atoms with Crippen LogP contribution in [0.25, 0.3) is 18.0 Å². The Morgan fingerprint density at radius 3 is 2.55 bits per heavy atom. The third-order valence-electron chi connectivity index (χ3n) is 4.78. The number of H-pyrrole nitrogens is 1. The molecule has 0 fully saturated rings. The fraction of sp³-hybridized carbons (Fsp3) is 0.0833. The molecule has 144 valence electrons. The normalized spacial score (nSPS) is 11.2. The van der Waals surface area contributed by atoms with Crippen molar-refractivity contribution < 1.29 is 5.11 Å². The standard InChI is InChI=1S/C24H21N3O2/c1-17-15-19(11-13-22(17)28)10-12-21-20(16-18-7-3-2-4-8-18)24(29)27(26-21)23-9-5-6-14-25-23/h2-15,26,28H,16H2,1H3/b12-10+. The second-order valence-corrected chi connectivity index (χ2v) is 6.87. The molecule has 0 unspecified atom stereocenters. The Balaban J connectivity index is 1.77. The molecule has 0 aliphatic carbocycles. The van der Waals surface area contributed by atoms with E-state index in [1.54, 1.807) is 18.3 Å². The molecule has 0 saturated carbocycles. The van der Waals surface area contributed by atoms with E-state index in [9.17, 15) is 9.90 Å². The lowest BCUT2D eigenvalue weighted by Crippen LogP contribution is -2.18. The Labute approximate surface area is 168 Å². The van der Waals surface area contributed by atoms with Gasteiger partial charge in [-0.3, -0.25) is 9.89 Å². The maximum Gasteiger partial charge on any atom is 0.276 e. The van der Waals surface area contributed by atoms with Gasteiger partial charge in [0.05, 0.1) is 5.69 Å². The van der Waals surface area contributed by atoms with Gasteiger partial charge >= 0.3 is 0 Å². The molecule has 4 rings (SSSR count). The smallest absolute Gasteiger partial charge is 0.276 e. The summed E-state index contributed by atoms with van der Waals surface area (Å²) >= 11 is 0. The zero-order valence-electron chi connectivity index (χ0n) is 16.0. The molecule has 0 aliphatic heterocycles. The minimum atomic E-state index is -0.117. The minimum Gasteiger partial charge on any atom is -0.508 e. The minimum absolute atomic E-state index is 0.117. The van der Waals surface area contributed by atoms with Crippen LogP contribution in [0, 0.1) is 6.92 Å². The van der Waals surface area contributed by atoms with Crippen LogP contribution in [0.4, 0.5) is 0 Å². The average Bonchev–Trinajstić information content (AvgIpc) is 3.06. The lowest BCUT2D eigenvalue weighted by molar-refractivity contribution is 0.471. The first-order chi connectivity index (χ1) is 14.1. The van der Waals surface area contributed by atoms with Gasteiger partial charge in [0.2, 0.25) is 0 Å². The Morgan fingerprint density at radius 2 is 1.83 bits per heavy atom. The summed E-state index contributed by atoms with van der Waals surface area (Å²) in [5.74, 6) is 0.813. The maximum absolute atomic E-state index is 13.1. The molecule has 0 aliphatic rings. The number of rotatable bonds is 5. The lowest BCUT2D eigenvalue weighted by Gasteiger charge is -2.01. The Kier molecular flexibility index (Phi) is 5.12. The average molecular weight is 383 g/mol. The van der Waals surface area contributed by atoms with Gasteiger partial charge in [-0.15, -0.1) is 0 Å². The number of aromatic hydroxyl groups is 1. The highest BCUT2D eigenvalue weighted by molar-refractivity contribution is 5.70. The van der Waals surface area contributed by atoms with Gasteiger partial charge < -0.3 is 5.11 Å². The van der Waals surface area contributed by atoms with Crippen LogP contribution >= 0.6 is 0 Å². The third kappa shape index (κ3) is 4.04. The van der Waals surface area contributed by atoms with Gasteiger partial charge in [-0.05, 0) is 54.0 Å². The Bertz CT molecular complexity index is 1210. The molecular weight excluding hydrogens is 362 g/mol. The van der Waals surface area contributed by atoms with E-state index in [0.717, 1.165) is 22.4 Å². The molecule has 2 aromatic carbocycles. The van der Waals surface area contributed by atoms with E-state index in [4.69, 9.17) is 0 Å². The van der Waals surface area contributed by atoms with Crippen LogP contribution in [0.2, 0.25) is 0 Å². The van der Waals surface area contributed by atoms with E-state index in [1.807, 2.05) is 73.7 Å². The van der Waals surface area contributed by atoms with Crippen molar-refractivity contribution >= 4 is 12.2 Å². The first-order valence-electron chi connectivity index (χ1n) is 9.39. The van der Waals surface area contributed by atoms with Gasteiger partial charge in [0.1, 0.15) is 5.75 Å². The summed E-state index contributed by atoms with van der Waals surface area (Å²) in [5.41, 5.74) is 4.10. The highest BCUT2D eigenvalue weighted by Crippen LogP contribution is 2.19. The van der Waals surface area contributed by atoms with E-state index in [1.165, 1.54) is 4.68 Å². The van der Waals surface area contributed by atoms with Crippen molar-refractivity contribution in [2.45, 2.75) is 13.3 Å². The van der Waals surface area contributed by atoms with Gasteiger partial charge in [0, 0.05) is 18.2 Å². The zero-order valence-corrected chi connectivity index (χ0v) is 16.0. The molecule has 5 heteroatoms. The molecule has 4 aromatic rings. The van der Waals surface area contributed by atoms with Gasteiger partial charge in [0.25, 0.3) is 5.56 Å². The molecule has 5 nitrogen and oxygen atoms in total. The first-order valence-corrected chi connectivity index (χ1v) is 9.39. The molecule has 0 radical (unpaired) electrons. The number of phenolic OH excluding ortho intramolecular Hbond substituents is 1. The van der Waals surface area contributed by atoms with E-state index in [0.29, 0.717) is 17.8 Å². The van der Waals surface area contributed by atoms with Gasteiger partial charge in [0.15, 0.2) is 5.82 Å². The summed E-state index contributed by atoms with van der Waals surface area (Å²) in [7, 11) is 0. The largest absolute Gasteiger partial charge is 0.508 e. The predicted octanol–water partition coefficient (Wildman–Crippen LogP) is 4.34. The molecule has 2 aromatic heterocycles. The molecule has 0 atom stereocenters. The molecule has 0 spiro atoms. The number of aromatic nitrogens is 3. The van der Waals surface area contributed by atoms with Crippen LogP contribution in [-0.4, -0.2) is 19.9 Å². The van der Waals surface area contributed by atoms with Crippen molar-refractivity contribution in [2.75, 3.05) is 0 Å². The summed E-state index contributed by atoms with van der Waals surface area (Å²) in [6.07, 6.45) is 6.00. The molecule has 2 N–H and O–H groups in total. The number of aryl methyl sites for hydroxylation is 1. The Hall–Kier alpha value is -3.86. The van der Waals surface area contributed by atoms with Crippen molar-refractivity contribution in [3.63, 3.8) is 0 Å². The SMILES string of the molecule is Cc1cc(/C=C/c2[nH]n(-c3ccccn3)c(=O)c2Cc2ccccc2)ccc1O. The second-order valence-electron chi connectivity index (χ2n) is 6.87. The lowest BCUT2D eigenvalue weighted by atomic mass is 10.0. The summed E-state index contributed by atoms with van der Waals surface area (Å²) in [5, 5.41) is 12.9. The van der Waals surface area contributed by atoms with Crippen LogP contribution < -0.4 is 5.56 Å². The van der Waals surface area contributed by atoms with E-state index in [2.05, 4.69) is 10.1 Å². The molecule has 0 bridgehead atoms. The number of benzene rings is 2. The van der Waals surface area contributed by atoms with Crippen molar-refractivity contribution in [3.05, 3.63) is 111 Å². The van der Waals surface area contributed by atoms with Crippen molar-refractivity contribution in [2.24, 2.45) is 0 Å². The van der Waals surface area contributed by atoms with Gasteiger partial charge in [-0.25, -0.2) is 9.67 Å². The molecule has 0 amide bonds. The third-order valence-corrected chi connectivity index (χ3v) is 4.78. The topological polar surface area (TPSA) is 70.9 Å². The number of hydrogen-bond donors (Lipinski definition) is 2. The molecule has 2 heterocycles. The van der Waals surface area contributed by atoms with Gasteiger partial charge in [-0.1, -0.05) is 48.5 Å². The Morgan fingerprint density at radius 1 is 1.03 bits per heavy atom. The number of aromatic amines is 1. The predicted molar refractivity (Wildman–Crippen MR) is 115 cm³/mol. The highest BCUT2D eigenvalue weighted by atomic mass is 16.3. The van der Waals surface area contributed by atoms with Crippen LogP contribution in [0.3, 0.4) is 0 Å². The monoisotopic (exact) mass is 383 g/mol. The second kappa shape index (κ2) is 8.02. The van der Waals surface area contributed by atoms with Crippen molar-refractivity contribution in [1.82, 2.24) is 14.8 Å². The van der Waals surface area contributed by atoms with Crippen molar-refractivity contribution in [1.29, 1.82) is 0 Å². The van der Waals surface area contributed by atoms with Crippen LogP contribution in [0.1, 0.15) is 27.9 Å². The zero-order chi connectivity index (χ0) is 20.2. The molecule has 29 heavy (non-hydrogen) atoms. The number of nitrogens with zero attached hydrogens (tertiary/aromatic N) is 2. The quantitative estimate of drug-likeness (QED) is 0.539. The maximum atomic E-state index is 13.1. The van der Waals surface area contributed by atoms with E-state index in [-0.39, 0.29) is 11.3 Å². The molecular formula is C24H21N3O2. The van der Waals surface area contributed by atoms with Crippen LogP contribution in [0.15, 0.2) is 77.7 Å². The summed E-state index contributed by atoms with van der Waals surface area (Å²) in [6, 6.07) is 20.8. The summed E-state index contributed by atoms with van der Waals surface area (Å²) in [6.45, 7) is 1.85. The van der Waals surface area contributed by atoms with Crippen LogP contribution in [0.5, 0.6) is 5.75 Å². The highest BCUT2D eigenvalue weighted by Gasteiger charge is 2.14. The first kappa shape index (κ1) is 18.5. The van der Waals surface area contributed by atoms with Gasteiger partial charge in [-0.2, -0.15) is 0 Å². The summed E-state index contributed by atoms with van der Waals surface area (Å²) in [4.78, 5) is 17.4. The fourth-order valence-corrected chi connectivity index (χ4v) is 3.21. The van der Waals surface area contributed by atoms with E-state index >= 15 is 0 Å². The van der Waals surface area contributed by atoms with Crippen LogP contribution in [-0.2, 0) is 6.42 Å². The van der Waals surface area contributed by atoms with Crippen molar-refractivity contribution in [3.8, 4) is 11.6 Å². The number of hydrogen-bond acceptors (Lipinski definition) is 3.